The van der Waals surface area contributed by atoms with Crippen molar-refractivity contribution in [1.29, 1.82) is 0 Å². The summed E-state index contributed by atoms with van der Waals surface area (Å²) in [5, 5.41) is 12.4. The van der Waals surface area contributed by atoms with Gasteiger partial charge in [-0.25, -0.2) is 13.2 Å². The summed E-state index contributed by atoms with van der Waals surface area (Å²) in [6, 6.07) is 20.1. The van der Waals surface area contributed by atoms with E-state index >= 15 is 0 Å². The second-order valence-corrected chi connectivity index (χ2v) is 12.7. The van der Waals surface area contributed by atoms with Gasteiger partial charge in [-0.05, 0) is 42.8 Å². The first-order valence-electron chi connectivity index (χ1n) is 14.6. The van der Waals surface area contributed by atoms with Gasteiger partial charge in [-0.3, -0.25) is 19.9 Å². The van der Waals surface area contributed by atoms with Crippen LogP contribution in [0, 0.1) is 17.0 Å². The number of methoxy groups -OCH3 is 4. The molecule has 0 unspecified atom stereocenters. The van der Waals surface area contributed by atoms with E-state index in [4.69, 9.17) is 18.9 Å². The van der Waals surface area contributed by atoms with Gasteiger partial charge in [-0.15, -0.1) is 0 Å². The average Bonchev–Trinajstić information content (AvgIpc) is 3.10. The van der Waals surface area contributed by atoms with E-state index < -0.39 is 26.7 Å². The molecule has 4 rings (SSSR count). The molecule has 0 N–H and O–H groups in total. The van der Waals surface area contributed by atoms with Crippen LogP contribution in [0.2, 0.25) is 0 Å². The molecule has 4 aromatic carbocycles. The van der Waals surface area contributed by atoms with Gasteiger partial charge in [-0.2, -0.15) is 4.31 Å². The first-order valence-corrected chi connectivity index (χ1v) is 16.1. The quantitative estimate of drug-likeness (QED) is 0.123. The second kappa shape index (κ2) is 15.0. The maximum absolute atomic E-state index is 14.4. The van der Waals surface area contributed by atoms with Gasteiger partial charge in [0.05, 0.1) is 38.3 Å². The molecule has 48 heavy (non-hydrogen) atoms. The zero-order valence-electron chi connectivity index (χ0n) is 27.8. The van der Waals surface area contributed by atoms with Crippen molar-refractivity contribution in [2.75, 3.05) is 52.3 Å². The zero-order valence-corrected chi connectivity index (χ0v) is 28.6. The number of sulfonamides is 1. The number of aryl methyl sites for hydroxylation is 1. The molecule has 0 aliphatic heterocycles. The van der Waals surface area contributed by atoms with Crippen LogP contribution >= 0.6 is 0 Å². The number of hydrogen-bond donors (Lipinski definition) is 0. The van der Waals surface area contributed by atoms with Gasteiger partial charge in [0.2, 0.25) is 10.0 Å². The summed E-state index contributed by atoms with van der Waals surface area (Å²) in [7, 11) is 4.46. The number of amides is 2. The Hall–Kier alpha value is -5.34. The molecule has 0 heterocycles. The molecular weight excluding hydrogens is 640 g/mol. The lowest BCUT2D eigenvalue weighted by Gasteiger charge is -2.27. The van der Waals surface area contributed by atoms with Crippen molar-refractivity contribution < 1.29 is 37.1 Å². The van der Waals surface area contributed by atoms with E-state index in [0.29, 0.717) is 39.8 Å². The Morgan fingerprint density at radius 3 is 1.73 bits per heavy atom. The van der Waals surface area contributed by atoms with Crippen LogP contribution in [0.3, 0.4) is 0 Å². The van der Waals surface area contributed by atoms with Crippen molar-refractivity contribution in [2.24, 2.45) is 0 Å². The van der Waals surface area contributed by atoms with Crippen LogP contribution in [0.5, 0.6) is 23.0 Å². The number of urea groups is 1. The number of nitro benzene ring substituents is 1. The monoisotopic (exact) mass is 678 g/mol. The number of nitro groups is 1. The van der Waals surface area contributed by atoms with Gasteiger partial charge in [0.25, 0.3) is 5.69 Å². The highest BCUT2D eigenvalue weighted by Gasteiger charge is 2.32. The Morgan fingerprint density at radius 2 is 1.25 bits per heavy atom. The summed E-state index contributed by atoms with van der Waals surface area (Å²) >= 11 is 0. The summed E-state index contributed by atoms with van der Waals surface area (Å²) in [5.74, 6) is 1.80. The maximum atomic E-state index is 14.4. The van der Waals surface area contributed by atoms with Gasteiger partial charge >= 0.3 is 6.03 Å². The number of nitrogens with zero attached hydrogens (tertiary/aromatic N) is 4. The normalized spacial score (nSPS) is 11.2. The summed E-state index contributed by atoms with van der Waals surface area (Å²) in [6.45, 7) is 1.51. The third-order valence-electron chi connectivity index (χ3n) is 7.88. The van der Waals surface area contributed by atoms with Crippen molar-refractivity contribution in [3.8, 4) is 23.0 Å². The molecule has 0 fully saturated rings. The van der Waals surface area contributed by atoms with Gasteiger partial charge in [-0.1, -0.05) is 30.3 Å². The van der Waals surface area contributed by atoms with Gasteiger partial charge in [0.15, 0.2) is 0 Å². The standard InChI is InChI=1S/C34H38N4O9S/c1-23-10-8-9-11-29(23)35(2)34(39)36(3)30-17-16-28(20-31(30)38(40)41)48(42,43)37(21-24-12-14-26(44-4)18-32(24)46-6)22-25-13-15-27(45-5)19-33(25)47-7/h8-20H,21-22H2,1-7H3. The SMILES string of the molecule is COc1ccc(CN(Cc2ccc(OC)cc2OC)S(=O)(=O)c2ccc(N(C)C(=O)N(C)c3ccccc3C)c([N+](=O)[O-])c2)c(OC)c1. The molecular formula is C34H38N4O9S. The minimum atomic E-state index is -4.42. The highest BCUT2D eigenvalue weighted by atomic mass is 32.2. The number of ether oxygens (including phenoxy) is 4. The number of benzene rings is 4. The number of anilines is 2. The fourth-order valence-electron chi connectivity index (χ4n) is 5.18. The van der Waals surface area contributed by atoms with Crippen LogP contribution in [0.1, 0.15) is 16.7 Å². The van der Waals surface area contributed by atoms with Crippen LogP contribution in [0.4, 0.5) is 21.9 Å². The second-order valence-electron chi connectivity index (χ2n) is 10.7. The Kier molecular flexibility index (Phi) is 11.1. The molecule has 0 saturated heterocycles. The van der Waals surface area contributed by atoms with Crippen molar-refractivity contribution >= 4 is 33.1 Å². The smallest absolute Gasteiger partial charge is 0.328 e. The predicted molar refractivity (Wildman–Crippen MR) is 182 cm³/mol. The van der Waals surface area contributed by atoms with E-state index in [1.807, 2.05) is 19.1 Å². The number of rotatable bonds is 13. The van der Waals surface area contributed by atoms with E-state index in [1.165, 1.54) is 56.8 Å². The largest absolute Gasteiger partial charge is 0.497 e. The molecule has 0 aliphatic rings. The molecule has 0 bridgehead atoms. The molecule has 0 saturated carbocycles. The van der Waals surface area contributed by atoms with Gasteiger partial charge < -0.3 is 18.9 Å². The van der Waals surface area contributed by atoms with E-state index in [2.05, 4.69) is 0 Å². The van der Waals surface area contributed by atoms with E-state index in [1.54, 1.807) is 55.6 Å². The van der Waals surface area contributed by atoms with Crippen molar-refractivity contribution in [3.05, 3.63) is 106 Å². The predicted octanol–water partition coefficient (Wildman–Crippen LogP) is 6.02. The Morgan fingerprint density at radius 1 is 0.729 bits per heavy atom. The number of hydrogen-bond acceptors (Lipinski definition) is 9. The Labute approximate surface area is 280 Å². The molecule has 2 amide bonds. The van der Waals surface area contributed by atoms with E-state index in [-0.39, 0.29) is 23.7 Å². The van der Waals surface area contributed by atoms with Crippen molar-refractivity contribution in [2.45, 2.75) is 24.9 Å². The van der Waals surface area contributed by atoms with Crippen LogP contribution in [0.25, 0.3) is 0 Å². The molecule has 13 nitrogen and oxygen atoms in total. The lowest BCUT2D eigenvalue weighted by molar-refractivity contribution is -0.384. The first-order chi connectivity index (χ1) is 22.9. The Bertz CT molecular complexity index is 1860. The summed E-state index contributed by atoms with van der Waals surface area (Å²) in [4.78, 5) is 27.2. The highest BCUT2D eigenvalue weighted by Crippen LogP contribution is 2.36. The van der Waals surface area contributed by atoms with Crippen molar-refractivity contribution in [1.82, 2.24) is 4.31 Å². The van der Waals surface area contributed by atoms with Crippen LogP contribution in [0.15, 0.2) is 83.8 Å². The van der Waals surface area contributed by atoms with Gasteiger partial charge in [0.1, 0.15) is 28.7 Å². The molecule has 0 radical (unpaired) electrons. The van der Waals surface area contributed by atoms with Crippen molar-refractivity contribution in [3.63, 3.8) is 0 Å². The molecule has 254 valence electrons. The minimum Gasteiger partial charge on any atom is -0.497 e. The van der Waals surface area contributed by atoms with Gasteiger partial charge in [0, 0.05) is 62.2 Å². The first kappa shape index (κ1) is 35.5. The number of carbonyl (C=O) groups excluding carboxylic acids is 1. The van der Waals surface area contributed by atoms with Crippen LogP contribution in [-0.4, -0.2) is 66.2 Å². The fourth-order valence-corrected chi connectivity index (χ4v) is 6.60. The summed E-state index contributed by atoms with van der Waals surface area (Å²) in [6.07, 6.45) is 0. The third kappa shape index (κ3) is 7.45. The third-order valence-corrected chi connectivity index (χ3v) is 9.66. The lowest BCUT2D eigenvalue weighted by Crippen LogP contribution is -2.39. The molecule has 0 spiro atoms. The van der Waals surface area contributed by atoms with E-state index in [9.17, 15) is 23.3 Å². The number of para-hydroxylation sites is 1. The average molecular weight is 679 g/mol. The minimum absolute atomic E-state index is 0.0791. The molecule has 0 aliphatic carbocycles. The lowest BCUT2D eigenvalue weighted by atomic mass is 10.1. The number of carbonyl (C=O) groups is 1. The zero-order chi connectivity index (χ0) is 35.2. The molecule has 14 heteroatoms. The molecule has 0 atom stereocenters. The molecule has 4 aromatic rings. The van der Waals surface area contributed by atoms with Crippen LogP contribution < -0.4 is 28.7 Å². The highest BCUT2D eigenvalue weighted by molar-refractivity contribution is 7.89. The van der Waals surface area contributed by atoms with Crippen LogP contribution in [-0.2, 0) is 23.1 Å². The summed E-state index contributed by atoms with van der Waals surface area (Å²) < 4.78 is 51.6. The Balaban J connectivity index is 1.79. The molecule has 0 aromatic heterocycles. The summed E-state index contributed by atoms with van der Waals surface area (Å²) in [5.41, 5.74) is 1.85. The fraction of sp³-hybridized carbons (Fsp3) is 0.265. The maximum Gasteiger partial charge on any atom is 0.328 e. The topological polar surface area (TPSA) is 141 Å². The van der Waals surface area contributed by atoms with E-state index in [0.717, 1.165) is 16.5 Å².